The summed E-state index contributed by atoms with van der Waals surface area (Å²) in [6.45, 7) is 1.65. The molecule has 0 unspecified atom stereocenters. The number of likely N-dealkylation sites (N-methyl/N-ethyl adjacent to an activating group) is 1. The molecule has 4 nitrogen and oxygen atoms in total. The first-order chi connectivity index (χ1) is 8.00. The van der Waals surface area contributed by atoms with E-state index in [-0.39, 0.29) is 18.3 Å². The molecule has 0 fully saturated rings. The average molecular weight is 254 g/mol. The summed E-state index contributed by atoms with van der Waals surface area (Å²) in [7, 11) is 1.65. The van der Waals surface area contributed by atoms with Crippen LogP contribution in [0.5, 0.6) is 5.75 Å². The number of ether oxygens (including phenoxy) is 1. The maximum Gasteiger partial charge on any atom is 0.264 e. The predicted molar refractivity (Wildman–Crippen MR) is 65.0 cm³/mol. The lowest BCUT2D eigenvalue weighted by Crippen LogP contribution is -2.35. The molecule has 1 aromatic rings. The summed E-state index contributed by atoms with van der Waals surface area (Å²) >= 11 is 5.75. The van der Waals surface area contributed by atoms with Crippen molar-refractivity contribution in [2.24, 2.45) is 0 Å². The van der Waals surface area contributed by atoms with Crippen molar-refractivity contribution in [3.8, 4) is 5.75 Å². The van der Waals surface area contributed by atoms with Crippen LogP contribution in [0.3, 0.4) is 0 Å². The summed E-state index contributed by atoms with van der Waals surface area (Å²) in [5.74, 6) is 0.299. The van der Waals surface area contributed by atoms with E-state index < -0.39 is 5.38 Å². The first-order valence-electron chi connectivity index (χ1n) is 5.22. The number of hydrogen-bond donors (Lipinski definition) is 0. The molecule has 0 spiro atoms. The normalized spacial score (nSPS) is 16.2. The van der Waals surface area contributed by atoms with Gasteiger partial charge in [0.25, 0.3) is 5.91 Å². The summed E-state index contributed by atoms with van der Waals surface area (Å²) in [5, 5.41) is -0.585. The van der Waals surface area contributed by atoms with Crippen molar-refractivity contribution in [1.82, 2.24) is 0 Å². The first-order valence-corrected chi connectivity index (χ1v) is 5.66. The molecular formula is C12H12ClNO3. The number of anilines is 1. The molecule has 0 saturated carbocycles. The van der Waals surface area contributed by atoms with Gasteiger partial charge in [-0.1, -0.05) is 0 Å². The number of halogens is 1. The summed E-state index contributed by atoms with van der Waals surface area (Å²) < 4.78 is 5.27. The lowest BCUT2D eigenvalue weighted by Gasteiger charge is -2.26. The summed E-state index contributed by atoms with van der Waals surface area (Å²) in [6, 6.07) is 4.97. The molecule has 0 radical (unpaired) electrons. The zero-order chi connectivity index (χ0) is 12.6. The van der Waals surface area contributed by atoms with Gasteiger partial charge in [-0.25, -0.2) is 0 Å². The highest BCUT2D eigenvalue weighted by Crippen LogP contribution is 2.32. The minimum atomic E-state index is -0.585. The van der Waals surface area contributed by atoms with Crippen molar-refractivity contribution >= 4 is 29.0 Å². The topological polar surface area (TPSA) is 46.6 Å². The molecule has 1 heterocycles. The number of rotatable bonds is 2. The van der Waals surface area contributed by atoms with Gasteiger partial charge in [0.2, 0.25) is 0 Å². The fourth-order valence-corrected chi connectivity index (χ4v) is 1.78. The Morgan fingerprint density at radius 1 is 1.53 bits per heavy atom. The van der Waals surface area contributed by atoms with Gasteiger partial charge in [0.1, 0.15) is 5.75 Å². The lowest BCUT2D eigenvalue weighted by molar-refractivity contribution is -0.120. The van der Waals surface area contributed by atoms with E-state index in [1.165, 1.54) is 4.90 Å². The molecule has 0 bridgehead atoms. The average Bonchev–Trinajstić information content (AvgIpc) is 2.32. The zero-order valence-electron chi connectivity index (χ0n) is 9.57. The highest BCUT2D eigenvalue weighted by atomic mass is 35.5. The maximum absolute atomic E-state index is 11.7. The van der Waals surface area contributed by atoms with Gasteiger partial charge >= 0.3 is 0 Å². The SMILES string of the molecule is C[C@@H](Cl)C(=O)c1ccc2c(c1)N(C)C(=O)CO2. The molecule has 1 atom stereocenters. The third kappa shape index (κ3) is 2.13. The van der Waals surface area contributed by atoms with Crippen LogP contribution in [-0.4, -0.2) is 30.7 Å². The van der Waals surface area contributed by atoms with Gasteiger partial charge in [0.05, 0.1) is 11.1 Å². The van der Waals surface area contributed by atoms with Crippen LogP contribution >= 0.6 is 11.6 Å². The molecule has 1 aliphatic rings. The van der Waals surface area contributed by atoms with Crippen LogP contribution in [0.4, 0.5) is 5.69 Å². The minimum absolute atomic E-state index is 0.0305. The fourth-order valence-electron chi connectivity index (χ4n) is 1.66. The van der Waals surface area contributed by atoms with Crippen molar-refractivity contribution in [3.63, 3.8) is 0 Å². The van der Waals surface area contributed by atoms with Crippen LogP contribution < -0.4 is 9.64 Å². The van der Waals surface area contributed by atoms with Gasteiger partial charge in [-0.2, -0.15) is 0 Å². The maximum atomic E-state index is 11.7. The highest BCUT2D eigenvalue weighted by molar-refractivity contribution is 6.33. The van der Waals surface area contributed by atoms with Gasteiger partial charge in [-0.05, 0) is 25.1 Å². The largest absolute Gasteiger partial charge is 0.482 e. The van der Waals surface area contributed by atoms with E-state index in [9.17, 15) is 9.59 Å². The molecule has 0 N–H and O–H groups in total. The number of hydrogen-bond acceptors (Lipinski definition) is 3. The van der Waals surface area contributed by atoms with Crippen LogP contribution in [0.2, 0.25) is 0 Å². The molecule has 0 aromatic heterocycles. The third-order valence-electron chi connectivity index (χ3n) is 2.69. The van der Waals surface area contributed by atoms with E-state index in [0.29, 0.717) is 17.0 Å². The standard InChI is InChI=1S/C12H12ClNO3/c1-7(13)12(16)8-3-4-10-9(5-8)14(2)11(15)6-17-10/h3-5,7H,6H2,1-2H3/t7-/m1/s1. The van der Waals surface area contributed by atoms with Crippen molar-refractivity contribution in [1.29, 1.82) is 0 Å². The van der Waals surface area contributed by atoms with Gasteiger partial charge < -0.3 is 9.64 Å². The number of ketones is 1. The Hall–Kier alpha value is -1.55. The Morgan fingerprint density at radius 3 is 2.88 bits per heavy atom. The minimum Gasteiger partial charge on any atom is -0.482 e. The number of benzene rings is 1. The van der Waals surface area contributed by atoms with Crippen LogP contribution in [0, 0.1) is 0 Å². The van der Waals surface area contributed by atoms with Crippen molar-refractivity contribution < 1.29 is 14.3 Å². The van der Waals surface area contributed by atoms with Crippen LogP contribution in [0.25, 0.3) is 0 Å². The second-order valence-corrected chi connectivity index (χ2v) is 4.56. The fraction of sp³-hybridized carbons (Fsp3) is 0.333. The third-order valence-corrected chi connectivity index (χ3v) is 2.89. The van der Waals surface area contributed by atoms with Gasteiger partial charge in [-0.3, -0.25) is 9.59 Å². The van der Waals surface area contributed by atoms with E-state index in [0.717, 1.165) is 0 Å². The Morgan fingerprint density at radius 2 is 2.24 bits per heavy atom. The second-order valence-electron chi connectivity index (χ2n) is 3.90. The number of amides is 1. The molecule has 2 rings (SSSR count). The molecule has 5 heteroatoms. The Kier molecular flexibility index (Phi) is 3.07. The van der Waals surface area contributed by atoms with Crippen molar-refractivity contribution in [2.75, 3.05) is 18.6 Å². The smallest absolute Gasteiger partial charge is 0.264 e. The Balaban J connectivity index is 2.42. The highest BCUT2D eigenvalue weighted by Gasteiger charge is 2.24. The van der Waals surface area contributed by atoms with Gasteiger partial charge in [-0.15, -0.1) is 11.6 Å². The monoisotopic (exact) mass is 253 g/mol. The van der Waals surface area contributed by atoms with E-state index in [2.05, 4.69) is 0 Å². The first kappa shape index (κ1) is 11.9. The molecule has 1 amide bonds. The van der Waals surface area contributed by atoms with Crippen LogP contribution in [-0.2, 0) is 4.79 Å². The summed E-state index contributed by atoms with van der Waals surface area (Å²) in [5.41, 5.74) is 1.08. The van der Waals surface area contributed by atoms with Crippen molar-refractivity contribution in [3.05, 3.63) is 23.8 Å². The summed E-state index contributed by atoms with van der Waals surface area (Å²) in [6.07, 6.45) is 0. The van der Waals surface area contributed by atoms with Crippen LogP contribution in [0.15, 0.2) is 18.2 Å². The molecule has 0 saturated heterocycles. The van der Waals surface area contributed by atoms with E-state index in [1.807, 2.05) is 0 Å². The predicted octanol–water partition coefficient (Wildman–Crippen LogP) is 1.85. The number of carbonyl (C=O) groups is 2. The molecule has 90 valence electrons. The quantitative estimate of drug-likeness (QED) is 0.597. The second kappa shape index (κ2) is 4.37. The van der Waals surface area contributed by atoms with Gasteiger partial charge in [0, 0.05) is 12.6 Å². The van der Waals surface area contributed by atoms with Crippen LogP contribution in [0.1, 0.15) is 17.3 Å². The van der Waals surface area contributed by atoms with Gasteiger partial charge in [0.15, 0.2) is 12.4 Å². The molecule has 17 heavy (non-hydrogen) atoms. The zero-order valence-corrected chi connectivity index (χ0v) is 10.3. The molecule has 1 aliphatic heterocycles. The molecule has 1 aromatic carbocycles. The summed E-state index contributed by atoms with van der Waals surface area (Å²) in [4.78, 5) is 24.7. The number of carbonyl (C=O) groups excluding carboxylic acids is 2. The molecular weight excluding hydrogens is 242 g/mol. The Labute approximate surface area is 104 Å². The van der Waals surface area contributed by atoms with E-state index >= 15 is 0 Å². The Bertz CT molecular complexity index is 485. The number of Topliss-reactive ketones (excluding diaryl/α,β-unsaturated/α-hetero) is 1. The number of alkyl halides is 1. The number of nitrogens with zero attached hydrogens (tertiary/aromatic N) is 1. The van der Waals surface area contributed by atoms with E-state index in [4.69, 9.17) is 16.3 Å². The van der Waals surface area contributed by atoms with E-state index in [1.54, 1.807) is 32.2 Å². The number of fused-ring (bicyclic) bond motifs is 1. The van der Waals surface area contributed by atoms with Crippen molar-refractivity contribution in [2.45, 2.75) is 12.3 Å². The molecule has 0 aliphatic carbocycles. The lowest BCUT2D eigenvalue weighted by atomic mass is 10.1.